The number of ether oxygens (including phenoxy) is 1. The minimum atomic E-state index is 0. The molecule has 0 aliphatic carbocycles. The van der Waals surface area contributed by atoms with Crippen LogP contribution in [0, 0.1) is 0 Å². The van der Waals surface area contributed by atoms with Crippen molar-refractivity contribution in [2.75, 3.05) is 40.3 Å². The summed E-state index contributed by atoms with van der Waals surface area (Å²) in [7, 11) is 3.66. The van der Waals surface area contributed by atoms with E-state index in [4.69, 9.17) is 4.74 Å². The Hall–Kier alpha value is -1.51. The fourth-order valence-electron chi connectivity index (χ4n) is 2.54. The Bertz CT molecular complexity index is 545. The Kier molecular flexibility index (Phi) is 12.9. The van der Waals surface area contributed by atoms with Crippen molar-refractivity contribution in [3.63, 3.8) is 0 Å². The first-order chi connectivity index (χ1) is 12.0. The first kappa shape index (κ1) is 24.5. The molecule has 0 unspecified atom stereocenters. The molecular formula is C19H33IN4O2. The zero-order chi connectivity index (χ0) is 18.7. The molecule has 1 aromatic rings. The van der Waals surface area contributed by atoms with Crippen LogP contribution < -0.4 is 10.1 Å². The third-order valence-electron chi connectivity index (χ3n) is 3.98. The molecule has 6 nitrogen and oxygen atoms in total. The number of carbonyl (C=O) groups excluding carboxylic acids is 1. The molecule has 0 aromatic heterocycles. The summed E-state index contributed by atoms with van der Waals surface area (Å²) in [4.78, 5) is 20.6. The van der Waals surface area contributed by atoms with Crippen LogP contribution in [0.4, 0.5) is 0 Å². The molecule has 1 rings (SSSR count). The molecule has 7 heteroatoms. The first-order valence-electron chi connectivity index (χ1n) is 8.95. The van der Waals surface area contributed by atoms with Crippen LogP contribution >= 0.6 is 24.0 Å². The average molecular weight is 476 g/mol. The van der Waals surface area contributed by atoms with Crippen molar-refractivity contribution in [1.29, 1.82) is 0 Å². The summed E-state index contributed by atoms with van der Waals surface area (Å²) >= 11 is 0. The maximum atomic E-state index is 12.1. The Morgan fingerprint density at radius 3 is 2.27 bits per heavy atom. The van der Waals surface area contributed by atoms with Crippen LogP contribution in [0.1, 0.15) is 32.8 Å². The van der Waals surface area contributed by atoms with Gasteiger partial charge in [0.25, 0.3) is 0 Å². The Morgan fingerprint density at radius 1 is 1.15 bits per heavy atom. The highest BCUT2D eigenvalue weighted by atomic mass is 127. The van der Waals surface area contributed by atoms with Gasteiger partial charge >= 0.3 is 0 Å². The van der Waals surface area contributed by atoms with E-state index in [0.29, 0.717) is 13.0 Å². The lowest BCUT2D eigenvalue weighted by molar-refractivity contribution is -0.130. The van der Waals surface area contributed by atoms with Gasteiger partial charge in [0.1, 0.15) is 5.75 Å². The maximum Gasteiger partial charge on any atom is 0.224 e. The van der Waals surface area contributed by atoms with E-state index < -0.39 is 0 Å². The van der Waals surface area contributed by atoms with E-state index in [0.717, 1.165) is 37.9 Å². The normalized spacial score (nSPS) is 10.7. The summed E-state index contributed by atoms with van der Waals surface area (Å²) in [5.74, 6) is 1.81. The van der Waals surface area contributed by atoms with Gasteiger partial charge in [-0.25, -0.2) is 0 Å². The molecule has 26 heavy (non-hydrogen) atoms. The van der Waals surface area contributed by atoms with Crippen molar-refractivity contribution in [2.24, 2.45) is 4.99 Å². The van der Waals surface area contributed by atoms with Gasteiger partial charge < -0.3 is 19.9 Å². The highest BCUT2D eigenvalue weighted by molar-refractivity contribution is 14.0. The van der Waals surface area contributed by atoms with Crippen LogP contribution in [0.25, 0.3) is 0 Å². The van der Waals surface area contributed by atoms with Gasteiger partial charge in [0, 0.05) is 39.6 Å². The number of aliphatic imine (C=N–C) groups is 1. The third-order valence-corrected chi connectivity index (χ3v) is 3.98. The number of nitrogens with one attached hydrogen (secondary N) is 1. The Labute approximate surface area is 175 Å². The Morgan fingerprint density at radius 2 is 1.77 bits per heavy atom. The van der Waals surface area contributed by atoms with Crippen molar-refractivity contribution in [1.82, 2.24) is 15.1 Å². The number of amides is 1. The van der Waals surface area contributed by atoms with Gasteiger partial charge in [-0.2, -0.15) is 0 Å². The quantitative estimate of drug-likeness (QED) is 0.338. The molecule has 1 amide bonds. The predicted molar refractivity (Wildman–Crippen MR) is 118 cm³/mol. The zero-order valence-electron chi connectivity index (χ0n) is 16.6. The molecule has 0 heterocycles. The molecule has 0 saturated carbocycles. The lowest BCUT2D eigenvalue weighted by Gasteiger charge is -2.22. The number of methoxy groups -OCH3 is 1. The lowest BCUT2D eigenvalue weighted by Crippen LogP contribution is -2.39. The van der Waals surface area contributed by atoms with Gasteiger partial charge in [-0.15, -0.1) is 24.0 Å². The molecule has 148 valence electrons. The summed E-state index contributed by atoms with van der Waals surface area (Å²) < 4.78 is 5.19. The number of nitrogens with zero attached hydrogens (tertiary/aromatic N) is 3. The molecular weight excluding hydrogens is 443 g/mol. The second-order valence-electron chi connectivity index (χ2n) is 5.76. The molecule has 0 atom stereocenters. The largest absolute Gasteiger partial charge is 0.497 e. The van der Waals surface area contributed by atoms with Gasteiger partial charge in [-0.1, -0.05) is 12.1 Å². The molecule has 0 radical (unpaired) electrons. The Balaban J connectivity index is 0.00000625. The molecule has 0 aliphatic rings. The molecule has 0 aliphatic heterocycles. The zero-order valence-corrected chi connectivity index (χ0v) is 18.9. The van der Waals surface area contributed by atoms with Crippen LogP contribution in [0.5, 0.6) is 5.75 Å². The number of benzene rings is 1. The van der Waals surface area contributed by atoms with Gasteiger partial charge in [0.05, 0.1) is 13.7 Å². The van der Waals surface area contributed by atoms with Gasteiger partial charge in [-0.3, -0.25) is 9.79 Å². The van der Waals surface area contributed by atoms with Gasteiger partial charge in [0.2, 0.25) is 5.91 Å². The number of carbonyl (C=O) groups is 1. The van der Waals surface area contributed by atoms with E-state index in [-0.39, 0.29) is 29.9 Å². The van der Waals surface area contributed by atoms with E-state index in [2.05, 4.69) is 15.2 Å². The number of guanidine groups is 1. The minimum absolute atomic E-state index is 0. The smallest absolute Gasteiger partial charge is 0.224 e. The number of halogens is 1. The topological polar surface area (TPSA) is 57.2 Å². The van der Waals surface area contributed by atoms with E-state index >= 15 is 0 Å². The van der Waals surface area contributed by atoms with Crippen LogP contribution in [0.15, 0.2) is 29.3 Å². The third kappa shape index (κ3) is 8.25. The SMILES string of the molecule is CCNC(=NCCC(=O)N(CC)CC)N(C)Cc1ccc(OC)cc1.I. The van der Waals surface area contributed by atoms with Crippen LogP contribution in [0.2, 0.25) is 0 Å². The van der Waals surface area contributed by atoms with Gasteiger partial charge in [0.15, 0.2) is 5.96 Å². The summed E-state index contributed by atoms with van der Waals surface area (Å²) in [6.07, 6.45) is 0.437. The van der Waals surface area contributed by atoms with Crippen LogP contribution in [0.3, 0.4) is 0 Å². The average Bonchev–Trinajstić information content (AvgIpc) is 2.62. The summed E-state index contributed by atoms with van der Waals surface area (Å²) in [5.41, 5.74) is 1.17. The number of rotatable bonds is 9. The molecule has 1 aromatic carbocycles. The number of hydrogen-bond acceptors (Lipinski definition) is 3. The minimum Gasteiger partial charge on any atom is -0.497 e. The van der Waals surface area contributed by atoms with Crippen LogP contribution in [-0.4, -0.2) is 62.0 Å². The molecule has 0 saturated heterocycles. The molecule has 0 fully saturated rings. The summed E-state index contributed by atoms with van der Waals surface area (Å²) in [5, 5.41) is 3.28. The van der Waals surface area contributed by atoms with Crippen molar-refractivity contribution in [3.05, 3.63) is 29.8 Å². The predicted octanol–water partition coefficient (Wildman–Crippen LogP) is 2.97. The molecule has 0 spiro atoms. The molecule has 1 N–H and O–H groups in total. The standard InChI is InChI=1S/C19H32N4O2.HI/c1-6-20-19(21-14-13-18(24)23(7-2)8-3)22(4)15-16-9-11-17(25-5)12-10-16;/h9-12H,6-8,13-15H2,1-5H3,(H,20,21);1H. The maximum absolute atomic E-state index is 12.1. The fourth-order valence-corrected chi connectivity index (χ4v) is 2.54. The van der Waals surface area contributed by atoms with E-state index in [1.165, 1.54) is 5.56 Å². The lowest BCUT2D eigenvalue weighted by atomic mass is 10.2. The second kappa shape index (κ2) is 13.7. The fraction of sp³-hybridized carbons (Fsp3) is 0.579. The highest BCUT2D eigenvalue weighted by Crippen LogP contribution is 2.12. The monoisotopic (exact) mass is 476 g/mol. The van der Waals surface area contributed by atoms with Crippen LogP contribution in [-0.2, 0) is 11.3 Å². The van der Waals surface area contributed by atoms with Gasteiger partial charge in [-0.05, 0) is 38.5 Å². The summed E-state index contributed by atoms with van der Waals surface area (Å²) in [6.45, 7) is 9.54. The second-order valence-corrected chi connectivity index (χ2v) is 5.76. The first-order valence-corrected chi connectivity index (χ1v) is 8.95. The highest BCUT2D eigenvalue weighted by Gasteiger charge is 2.10. The molecule has 0 bridgehead atoms. The van der Waals surface area contributed by atoms with E-state index in [1.54, 1.807) is 7.11 Å². The van der Waals surface area contributed by atoms with E-state index in [1.807, 2.05) is 57.0 Å². The number of hydrogen-bond donors (Lipinski definition) is 1. The van der Waals surface area contributed by atoms with Crippen molar-refractivity contribution < 1.29 is 9.53 Å². The van der Waals surface area contributed by atoms with Crippen molar-refractivity contribution in [3.8, 4) is 5.75 Å². The van der Waals surface area contributed by atoms with Crippen molar-refractivity contribution >= 4 is 35.8 Å². The van der Waals surface area contributed by atoms with E-state index in [9.17, 15) is 4.79 Å². The summed E-state index contributed by atoms with van der Waals surface area (Å²) in [6, 6.07) is 8.00. The van der Waals surface area contributed by atoms with Crippen molar-refractivity contribution in [2.45, 2.75) is 33.7 Å².